The summed E-state index contributed by atoms with van der Waals surface area (Å²) in [7, 11) is -4.00. The molecule has 0 saturated heterocycles. The van der Waals surface area contributed by atoms with E-state index in [1.807, 2.05) is 0 Å². The van der Waals surface area contributed by atoms with Crippen LogP contribution in [0.1, 0.15) is 29.7 Å². The van der Waals surface area contributed by atoms with Crippen LogP contribution in [0.4, 0.5) is 14.5 Å². The number of hydrogen-bond donors (Lipinski definition) is 2. The predicted octanol–water partition coefficient (Wildman–Crippen LogP) is 3.17. The van der Waals surface area contributed by atoms with Gasteiger partial charge < -0.3 is 5.32 Å². The average Bonchev–Trinajstić information content (AvgIpc) is 2.72. The highest BCUT2D eigenvalue weighted by Gasteiger charge is 2.32. The van der Waals surface area contributed by atoms with Crippen LogP contribution in [0.2, 0.25) is 0 Å². The molecule has 7 nitrogen and oxygen atoms in total. The van der Waals surface area contributed by atoms with Crippen LogP contribution >= 0.6 is 0 Å². The van der Waals surface area contributed by atoms with Crippen molar-refractivity contribution in [2.45, 2.75) is 24.3 Å². The fraction of sp³-hybridized carbons (Fsp3) is 0.150. The summed E-state index contributed by atoms with van der Waals surface area (Å²) in [6, 6.07) is 11.6. The zero-order chi connectivity index (χ0) is 21.3. The second kappa shape index (κ2) is 7.79. The first kappa shape index (κ1) is 19.9. The number of nitrogens with zero attached hydrogens (tertiary/aromatic N) is 3. The molecule has 1 aromatic heterocycles. The van der Waals surface area contributed by atoms with Gasteiger partial charge in [0.1, 0.15) is 16.5 Å². The Morgan fingerprint density at radius 3 is 2.60 bits per heavy atom. The molecule has 2 aromatic carbocycles. The molecule has 2 heterocycles. The Morgan fingerprint density at radius 1 is 1.07 bits per heavy atom. The lowest BCUT2D eigenvalue weighted by atomic mass is 9.91. The SMILES string of the molecule is C[C@H](c1ccccc1F)c1c(F)ccc2c1NC(=NCc1cccnn1)NS2(=O)=O. The third kappa shape index (κ3) is 3.73. The van der Waals surface area contributed by atoms with E-state index >= 15 is 0 Å². The third-order valence-corrected chi connectivity index (χ3v) is 6.13. The summed E-state index contributed by atoms with van der Waals surface area (Å²) in [5.41, 5.74) is 0.842. The molecule has 1 aliphatic rings. The van der Waals surface area contributed by atoms with Crippen molar-refractivity contribution in [3.8, 4) is 0 Å². The zero-order valence-corrected chi connectivity index (χ0v) is 16.6. The number of aromatic nitrogens is 2. The summed E-state index contributed by atoms with van der Waals surface area (Å²) in [5, 5.41) is 10.5. The minimum Gasteiger partial charge on any atom is -0.324 e. The Kier molecular flexibility index (Phi) is 5.17. The smallest absolute Gasteiger partial charge is 0.266 e. The van der Waals surface area contributed by atoms with E-state index in [1.165, 1.54) is 24.4 Å². The second-order valence-corrected chi connectivity index (χ2v) is 8.34. The van der Waals surface area contributed by atoms with Crippen molar-refractivity contribution in [2.24, 2.45) is 4.99 Å². The van der Waals surface area contributed by atoms with E-state index in [2.05, 4.69) is 25.2 Å². The van der Waals surface area contributed by atoms with Crippen molar-refractivity contribution in [1.82, 2.24) is 14.9 Å². The fourth-order valence-corrected chi connectivity index (χ4v) is 4.46. The maximum Gasteiger partial charge on any atom is 0.266 e. The fourth-order valence-electron chi connectivity index (χ4n) is 3.31. The minimum atomic E-state index is -4.00. The molecule has 0 fully saturated rings. The summed E-state index contributed by atoms with van der Waals surface area (Å²) < 4.78 is 56.9. The number of nitrogens with one attached hydrogen (secondary N) is 2. The van der Waals surface area contributed by atoms with Crippen molar-refractivity contribution < 1.29 is 17.2 Å². The maximum absolute atomic E-state index is 14.8. The molecular formula is C20H17F2N5O2S. The lowest BCUT2D eigenvalue weighted by Gasteiger charge is -2.26. The lowest BCUT2D eigenvalue weighted by molar-refractivity contribution is 0.577. The summed E-state index contributed by atoms with van der Waals surface area (Å²) in [4.78, 5) is 4.05. The normalized spacial score (nSPS) is 17.0. The minimum absolute atomic E-state index is 0.0300. The van der Waals surface area contributed by atoms with E-state index in [0.717, 1.165) is 12.1 Å². The molecule has 1 atom stereocenters. The first-order valence-electron chi connectivity index (χ1n) is 9.04. The molecule has 2 N–H and O–H groups in total. The molecule has 0 aliphatic carbocycles. The van der Waals surface area contributed by atoms with Crippen molar-refractivity contribution in [2.75, 3.05) is 5.32 Å². The molecule has 30 heavy (non-hydrogen) atoms. The summed E-state index contributed by atoms with van der Waals surface area (Å²) in [6.45, 7) is 1.67. The molecule has 0 unspecified atom stereocenters. The van der Waals surface area contributed by atoms with Crippen LogP contribution in [0.25, 0.3) is 0 Å². The molecule has 0 saturated carbocycles. The van der Waals surface area contributed by atoms with Crippen molar-refractivity contribution in [1.29, 1.82) is 0 Å². The predicted molar refractivity (Wildman–Crippen MR) is 107 cm³/mol. The highest BCUT2D eigenvalue weighted by atomic mass is 32.2. The third-order valence-electron chi connectivity index (χ3n) is 4.75. The monoisotopic (exact) mass is 429 g/mol. The van der Waals surface area contributed by atoms with Crippen LogP contribution in [-0.2, 0) is 16.6 Å². The first-order valence-corrected chi connectivity index (χ1v) is 10.5. The van der Waals surface area contributed by atoms with Crippen molar-refractivity contribution in [3.63, 3.8) is 0 Å². The van der Waals surface area contributed by atoms with Gasteiger partial charge in [-0.15, -0.1) is 0 Å². The highest BCUT2D eigenvalue weighted by molar-refractivity contribution is 7.90. The summed E-state index contributed by atoms with van der Waals surface area (Å²) >= 11 is 0. The quantitative estimate of drug-likeness (QED) is 0.664. The first-order chi connectivity index (χ1) is 14.4. The Balaban J connectivity index is 1.79. The average molecular weight is 429 g/mol. The van der Waals surface area contributed by atoms with Gasteiger partial charge in [-0.3, -0.25) is 0 Å². The van der Waals surface area contributed by atoms with Gasteiger partial charge in [-0.1, -0.05) is 25.1 Å². The molecule has 4 rings (SSSR count). The number of aliphatic imine (C=N–C) groups is 1. The number of guanidine groups is 1. The highest BCUT2D eigenvalue weighted by Crippen LogP contribution is 2.38. The van der Waals surface area contributed by atoms with Gasteiger partial charge in [-0.05, 0) is 35.9 Å². The number of anilines is 1. The van der Waals surface area contributed by atoms with Gasteiger partial charge in [0.25, 0.3) is 10.0 Å². The van der Waals surface area contributed by atoms with Crippen LogP contribution < -0.4 is 10.0 Å². The Hall–Kier alpha value is -3.40. The van der Waals surface area contributed by atoms with Gasteiger partial charge in [0.15, 0.2) is 0 Å². The Morgan fingerprint density at radius 2 is 1.87 bits per heavy atom. The Labute approximate surface area is 171 Å². The van der Waals surface area contributed by atoms with E-state index in [0.29, 0.717) is 5.69 Å². The number of halogens is 2. The number of hydrogen-bond acceptors (Lipinski definition) is 5. The van der Waals surface area contributed by atoms with E-state index in [1.54, 1.807) is 25.1 Å². The van der Waals surface area contributed by atoms with Crippen molar-refractivity contribution >= 4 is 21.7 Å². The number of rotatable bonds is 4. The van der Waals surface area contributed by atoms with Gasteiger partial charge in [0, 0.05) is 17.7 Å². The Bertz CT molecular complexity index is 1230. The molecule has 3 aromatic rings. The molecule has 154 valence electrons. The molecule has 0 radical (unpaired) electrons. The van der Waals surface area contributed by atoms with Crippen LogP contribution in [0.15, 0.2) is 64.6 Å². The van der Waals surface area contributed by atoms with Gasteiger partial charge in [0.05, 0.1) is 17.9 Å². The standard InChI is InChI=1S/C20H17F2N5O2S/c1-12(14-6-2-3-7-15(14)21)18-16(22)8-9-17-19(18)25-20(27-30(17,28)29)23-11-13-5-4-10-24-26-13/h2-10,12H,11H2,1H3,(H2,23,25,27)/t12-/m1/s1. The van der Waals surface area contributed by atoms with E-state index < -0.39 is 27.6 Å². The molecular weight excluding hydrogens is 412 g/mol. The topological polar surface area (TPSA) is 96.3 Å². The van der Waals surface area contributed by atoms with E-state index in [-0.39, 0.29) is 34.2 Å². The van der Waals surface area contributed by atoms with E-state index in [4.69, 9.17) is 0 Å². The van der Waals surface area contributed by atoms with Crippen molar-refractivity contribution in [3.05, 3.63) is 83.2 Å². The number of fused-ring (bicyclic) bond motifs is 1. The van der Waals surface area contributed by atoms with Gasteiger partial charge in [-0.2, -0.15) is 10.2 Å². The van der Waals surface area contributed by atoms with Crippen LogP contribution in [0.5, 0.6) is 0 Å². The van der Waals surface area contributed by atoms with Gasteiger partial charge >= 0.3 is 0 Å². The molecule has 0 spiro atoms. The lowest BCUT2D eigenvalue weighted by Crippen LogP contribution is -2.41. The molecule has 0 bridgehead atoms. The molecule has 10 heteroatoms. The number of sulfonamides is 1. The van der Waals surface area contributed by atoms with Gasteiger partial charge in [-0.25, -0.2) is 26.9 Å². The van der Waals surface area contributed by atoms with E-state index in [9.17, 15) is 17.2 Å². The summed E-state index contributed by atoms with van der Waals surface area (Å²) in [5.74, 6) is -1.98. The number of benzene rings is 2. The van der Waals surface area contributed by atoms with Crippen LogP contribution in [0.3, 0.4) is 0 Å². The second-order valence-electron chi connectivity index (χ2n) is 6.69. The zero-order valence-electron chi connectivity index (χ0n) is 15.8. The molecule has 0 amide bonds. The van der Waals surface area contributed by atoms with Crippen LogP contribution in [-0.4, -0.2) is 24.6 Å². The largest absolute Gasteiger partial charge is 0.324 e. The van der Waals surface area contributed by atoms with Crippen LogP contribution in [0, 0.1) is 11.6 Å². The maximum atomic E-state index is 14.8. The van der Waals surface area contributed by atoms with Gasteiger partial charge in [0.2, 0.25) is 5.96 Å². The molecule has 1 aliphatic heterocycles. The summed E-state index contributed by atoms with van der Waals surface area (Å²) in [6.07, 6.45) is 1.51.